The van der Waals surface area contributed by atoms with E-state index >= 15 is 0 Å². The second-order valence-electron chi connectivity index (χ2n) is 24.4. The third-order valence-corrected chi connectivity index (χ3v) is 16.6. The molecule has 0 saturated heterocycles. The van der Waals surface area contributed by atoms with Crippen LogP contribution in [0.2, 0.25) is 0 Å². The van der Waals surface area contributed by atoms with E-state index in [2.05, 4.69) is 64.3 Å². The zero-order valence-corrected chi connectivity index (χ0v) is 56.9. The van der Waals surface area contributed by atoms with Crippen LogP contribution in [0.3, 0.4) is 0 Å². The van der Waals surface area contributed by atoms with Crippen LogP contribution in [0.25, 0.3) is 0 Å². The van der Waals surface area contributed by atoms with E-state index < -0.39 is 38.6 Å². The number of ether oxygens (including phenoxy) is 6. The summed E-state index contributed by atoms with van der Waals surface area (Å²) in [7, 11) is -4.65. The molecular weight excluding hydrogens is 1120 g/mol. The number of carbonyl (C=O) groups is 4. The number of rotatable bonds is 59. The van der Waals surface area contributed by atoms with Gasteiger partial charge in [0.25, 0.3) is 0 Å². The topological polar surface area (TPSA) is 203 Å². The van der Waals surface area contributed by atoms with Crippen LogP contribution < -0.4 is 10.6 Å². The maximum absolute atomic E-state index is 12.9. The molecule has 2 atom stereocenters. The van der Waals surface area contributed by atoms with Crippen molar-refractivity contribution in [3.05, 3.63) is 58.7 Å². The van der Waals surface area contributed by atoms with E-state index in [4.69, 9.17) is 37.5 Å². The fraction of sp³-hybridized carbons (Fsp3) is 0.800. The highest BCUT2D eigenvalue weighted by molar-refractivity contribution is 7.47. The molecule has 0 aromatic rings. The second-order valence-corrected chi connectivity index (χ2v) is 25.9. The number of carbonyl (C=O) groups excluding carboxylic acids is 4. The molecule has 0 heterocycles. The maximum atomic E-state index is 12.9. The maximum Gasteiger partial charge on any atom is 0.472 e. The third kappa shape index (κ3) is 51.8. The van der Waals surface area contributed by atoms with E-state index in [0.29, 0.717) is 45.8 Å². The van der Waals surface area contributed by atoms with E-state index in [-0.39, 0.29) is 63.7 Å². The zero-order chi connectivity index (χ0) is 63.7. The third-order valence-electron chi connectivity index (χ3n) is 15.6. The first kappa shape index (κ1) is 81.4. The van der Waals surface area contributed by atoms with Crippen molar-refractivity contribution in [2.24, 2.45) is 5.41 Å². The van der Waals surface area contributed by atoms with Gasteiger partial charge in [0.15, 0.2) is 6.10 Å². The van der Waals surface area contributed by atoms with Crippen molar-refractivity contribution >= 4 is 31.8 Å². The highest BCUT2D eigenvalue weighted by atomic mass is 31.2. The highest BCUT2D eigenvalue weighted by Gasteiger charge is 2.28. The van der Waals surface area contributed by atoms with Crippen molar-refractivity contribution in [1.82, 2.24) is 10.6 Å². The summed E-state index contributed by atoms with van der Waals surface area (Å²) in [6.07, 6.45) is 50.5. The van der Waals surface area contributed by atoms with Crippen molar-refractivity contribution in [2.45, 2.75) is 279 Å². The van der Waals surface area contributed by atoms with Crippen LogP contribution in [0.5, 0.6) is 0 Å². The molecule has 1 aliphatic rings. The summed E-state index contributed by atoms with van der Waals surface area (Å²) in [5.74, 6) is -1.12. The molecule has 0 aromatic heterocycles. The van der Waals surface area contributed by atoms with Gasteiger partial charge in [0.05, 0.1) is 52.9 Å². The Hall–Kier alpha value is -3.63. The number of phosphoric ester groups is 1. The molecule has 0 aliphatic heterocycles. The predicted molar refractivity (Wildman–Crippen MR) is 353 cm³/mol. The normalized spacial score (nSPS) is 14.9. The summed E-state index contributed by atoms with van der Waals surface area (Å²) < 4.78 is 55.7. The van der Waals surface area contributed by atoms with Gasteiger partial charge in [-0.15, -0.1) is 0 Å². The second kappa shape index (κ2) is 56.4. The minimum absolute atomic E-state index is 0.0385. The van der Waals surface area contributed by atoms with Gasteiger partial charge in [-0.05, 0) is 69.4 Å². The molecule has 1 aliphatic carbocycles. The van der Waals surface area contributed by atoms with Crippen molar-refractivity contribution in [3.63, 3.8) is 0 Å². The molecule has 16 nitrogen and oxygen atoms in total. The van der Waals surface area contributed by atoms with E-state index in [1.54, 1.807) is 6.08 Å². The van der Waals surface area contributed by atoms with Crippen LogP contribution in [-0.2, 0) is 56.4 Å². The quantitative estimate of drug-likeness (QED) is 0.0130. The average molecular weight is 1250 g/mol. The molecule has 0 bridgehead atoms. The number of allylic oxidation sites excluding steroid dienone is 9. The van der Waals surface area contributed by atoms with Crippen molar-refractivity contribution in [3.8, 4) is 0 Å². The Morgan fingerprint density at radius 2 is 1.01 bits per heavy atom. The molecule has 3 N–H and O–H groups in total. The zero-order valence-electron chi connectivity index (χ0n) is 56.0. The van der Waals surface area contributed by atoms with Crippen molar-refractivity contribution in [2.75, 3.05) is 79.2 Å². The summed E-state index contributed by atoms with van der Waals surface area (Å²) in [5, 5.41) is 5.26. The van der Waals surface area contributed by atoms with Gasteiger partial charge in [-0.2, -0.15) is 0 Å². The average Bonchev–Trinajstić information content (AvgIpc) is 3.33. The van der Waals surface area contributed by atoms with Gasteiger partial charge >= 0.3 is 25.9 Å². The molecule has 1 rings (SSSR count). The summed E-state index contributed by atoms with van der Waals surface area (Å²) in [4.78, 5) is 60.5. The van der Waals surface area contributed by atoms with Gasteiger partial charge in [-0.25, -0.2) is 9.36 Å². The number of phosphoric acid groups is 1. The number of hydrogen-bond acceptors (Lipinski definition) is 13. The Kier molecular flexibility index (Phi) is 52.7. The number of nitrogens with one attached hydrogen (secondary N) is 2. The van der Waals surface area contributed by atoms with Gasteiger partial charge in [0, 0.05) is 32.0 Å². The molecule has 0 saturated carbocycles. The van der Waals surface area contributed by atoms with Crippen LogP contribution in [0, 0.1) is 5.41 Å². The minimum Gasteiger partial charge on any atom is -0.462 e. The summed E-state index contributed by atoms with van der Waals surface area (Å²) in [6.45, 7) is 16.0. The van der Waals surface area contributed by atoms with Crippen molar-refractivity contribution < 1.29 is 66.1 Å². The number of unbranched alkanes of at least 4 members (excludes halogenated alkanes) is 28. The first-order chi connectivity index (χ1) is 42.1. The number of esters is 2. The van der Waals surface area contributed by atoms with Gasteiger partial charge in [0.1, 0.15) is 13.2 Å². The Balaban J connectivity index is 2.29. The van der Waals surface area contributed by atoms with Crippen molar-refractivity contribution in [1.29, 1.82) is 0 Å². The Morgan fingerprint density at radius 3 is 1.52 bits per heavy atom. The van der Waals surface area contributed by atoms with Crippen LogP contribution in [0.4, 0.5) is 4.79 Å². The lowest BCUT2D eigenvalue weighted by Gasteiger charge is -2.32. The SMILES string of the molecule is CCCCCCCCCCCCCCCCCC(=O)OC[C@H](COP(=O)(O)OCCNC(=O)OCCOCCOCCOCCNC(=O)/C=C(C)/C=C/C=C(C)/C=C/C1=C(C)CCCC1(C)C)OC(=O)CCCCCCCCCCCCCCCCC. The number of amides is 2. The smallest absolute Gasteiger partial charge is 0.462 e. The lowest BCUT2D eigenvalue weighted by Crippen LogP contribution is -2.30. The molecule has 87 heavy (non-hydrogen) atoms. The Labute approximate surface area is 528 Å². The molecule has 2 amide bonds. The Morgan fingerprint density at radius 1 is 0.552 bits per heavy atom. The van der Waals surface area contributed by atoms with Crippen LogP contribution in [0.15, 0.2) is 58.7 Å². The summed E-state index contributed by atoms with van der Waals surface area (Å²) in [6, 6.07) is 0. The van der Waals surface area contributed by atoms with E-state index in [0.717, 1.165) is 49.7 Å². The highest BCUT2D eigenvalue weighted by Crippen LogP contribution is 2.43. The van der Waals surface area contributed by atoms with Crippen LogP contribution >= 0.6 is 7.82 Å². The molecular formula is C70H125N2O14P. The number of alkyl carbamates (subject to hydrolysis) is 1. The van der Waals surface area contributed by atoms with Gasteiger partial charge in [-0.1, -0.05) is 249 Å². The van der Waals surface area contributed by atoms with Gasteiger partial charge in [-0.3, -0.25) is 23.4 Å². The fourth-order valence-corrected chi connectivity index (χ4v) is 11.2. The molecule has 0 radical (unpaired) electrons. The predicted octanol–water partition coefficient (Wildman–Crippen LogP) is 17.5. The standard InChI is InChI=1S/C70H125N2O14P/c1-8-10-12-14-16-18-20-22-24-26-28-30-32-34-36-43-67(74)83-59-64(86-68(75)44-37-35-33-31-29-27-25-23-21-19-17-15-13-11-9-2)60-85-87(77,78)84-51-49-72-69(76)82-57-56-81-55-54-80-53-52-79-50-48-71-66(73)58-62(4)41-38-40-61(3)45-46-65-63(5)42-39-47-70(65,6)7/h38,40-41,45-46,58,64H,8-37,39,42-44,47-57,59-60H2,1-7H3,(H,71,73)(H,72,76)(H,77,78)/b41-38+,46-45+,61-40+,62-58+/t64-/m1/s1. The van der Waals surface area contributed by atoms with Gasteiger partial charge < -0.3 is 43.9 Å². The lowest BCUT2D eigenvalue weighted by atomic mass is 9.72. The fourth-order valence-electron chi connectivity index (χ4n) is 10.4. The summed E-state index contributed by atoms with van der Waals surface area (Å²) in [5.41, 5.74) is 5.09. The molecule has 1 unspecified atom stereocenters. The molecule has 0 aromatic carbocycles. The summed E-state index contributed by atoms with van der Waals surface area (Å²) >= 11 is 0. The van der Waals surface area contributed by atoms with Crippen LogP contribution in [-0.4, -0.2) is 114 Å². The first-order valence-corrected chi connectivity index (χ1v) is 35.9. The number of hydrogen-bond donors (Lipinski definition) is 3. The molecule has 0 fully saturated rings. The monoisotopic (exact) mass is 1250 g/mol. The van der Waals surface area contributed by atoms with E-state index in [9.17, 15) is 28.6 Å². The van der Waals surface area contributed by atoms with Gasteiger partial charge in [0.2, 0.25) is 5.91 Å². The van der Waals surface area contributed by atoms with E-state index in [1.807, 2.05) is 25.2 Å². The minimum atomic E-state index is -4.65. The Bertz CT molecular complexity index is 1970. The molecule has 504 valence electrons. The van der Waals surface area contributed by atoms with E-state index in [1.165, 1.54) is 172 Å². The largest absolute Gasteiger partial charge is 0.472 e. The lowest BCUT2D eigenvalue weighted by molar-refractivity contribution is -0.161. The first-order valence-electron chi connectivity index (χ1n) is 34.4. The molecule has 17 heteroatoms. The molecule has 0 spiro atoms. The van der Waals surface area contributed by atoms with Crippen LogP contribution in [0.1, 0.15) is 273 Å².